The first-order valence-corrected chi connectivity index (χ1v) is 23.6. The van der Waals surface area contributed by atoms with Crippen LogP contribution in [0.2, 0.25) is 18.6 Å². The highest BCUT2D eigenvalue weighted by atomic mass is 28.3. The van der Waals surface area contributed by atoms with Crippen molar-refractivity contribution in [3.05, 3.63) is 83.9 Å². The van der Waals surface area contributed by atoms with Gasteiger partial charge in [0, 0.05) is 56.2 Å². The van der Waals surface area contributed by atoms with Crippen LogP contribution in [0.5, 0.6) is 5.75 Å². The van der Waals surface area contributed by atoms with E-state index in [4.69, 9.17) is 14.2 Å². The molecule has 57 heavy (non-hydrogen) atoms. The smallest absolute Gasteiger partial charge is 0.305 e. The molecule has 1 N–H and O–H groups in total. The van der Waals surface area contributed by atoms with Crippen molar-refractivity contribution in [2.75, 3.05) is 50.3 Å². The van der Waals surface area contributed by atoms with E-state index in [1.54, 1.807) is 16.9 Å². The fourth-order valence-electron chi connectivity index (χ4n) is 9.48. The second kappa shape index (κ2) is 18.4. The van der Waals surface area contributed by atoms with Gasteiger partial charge in [-0.3, -0.25) is 19.2 Å². The average molecular weight is 798 g/mol. The van der Waals surface area contributed by atoms with Crippen LogP contribution < -0.4 is 19.7 Å². The van der Waals surface area contributed by atoms with Crippen molar-refractivity contribution in [2.45, 2.75) is 102 Å². The first kappa shape index (κ1) is 42.1. The molecule has 3 aliphatic rings. The predicted octanol–water partition coefficient (Wildman–Crippen LogP) is 6.31. The van der Waals surface area contributed by atoms with Gasteiger partial charge >= 0.3 is 5.97 Å². The van der Waals surface area contributed by atoms with Gasteiger partial charge in [-0.05, 0) is 67.1 Å². The number of ether oxygens (including phenoxy) is 3. The van der Waals surface area contributed by atoms with Crippen LogP contribution in [0, 0.1) is 5.92 Å². The van der Waals surface area contributed by atoms with Crippen molar-refractivity contribution < 1.29 is 38.5 Å². The molecule has 3 amide bonds. The minimum Gasteiger partial charge on any atom is -0.497 e. The molecular formula is C45H59N3O8Si. The van der Waals surface area contributed by atoms with Gasteiger partial charge in [-0.15, -0.1) is 0 Å². The minimum absolute atomic E-state index is 0.0300. The van der Waals surface area contributed by atoms with E-state index in [-0.39, 0.29) is 61.1 Å². The second-order valence-electron chi connectivity index (χ2n) is 16.3. The molecule has 3 aromatic rings. The number of anilines is 2. The molecule has 306 valence electrons. The zero-order chi connectivity index (χ0) is 40.7. The number of aliphatic hydroxyl groups is 1. The number of rotatable bonds is 15. The number of methoxy groups -OCH3 is 2. The van der Waals surface area contributed by atoms with Gasteiger partial charge in [0.2, 0.25) is 11.8 Å². The van der Waals surface area contributed by atoms with Crippen molar-refractivity contribution in [2.24, 2.45) is 5.92 Å². The van der Waals surface area contributed by atoms with Crippen molar-refractivity contribution >= 4 is 48.3 Å². The lowest BCUT2D eigenvalue weighted by atomic mass is 9.82. The summed E-state index contributed by atoms with van der Waals surface area (Å²) in [6.45, 7) is 7.96. The van der Waals surface area contributed by atoms with Gasteiger partial charge in [0.15, 0.2) is 5.60 Å². The van der Waals surface area contributed by atoms with E-state index in [1.165, 1.54) is 7.11 Å². The Balaban J connectivity index is 1.44. The number of carbonyl (C=O) groups is 4. The summed E-state index contributed by atoms with van der Waals surface area (Å²) < 4.78 is 17.7. The van der Waals surface area contributed by atoms with Gasteiger partial charge in [-0.2, -0.15) is 0 Å². The number of unbranched alkanes of at least 4 members (excludes halogenated alkanes) is 1. The monoisotopic (exact) mass is 797 g/mol. The van der Waals surface area contributed by atoms with Crippen LogP contribution in [0.4, 0.5) is 11.4 Å². The zero-order valence-corrected chi connectivity index (χ0v) is 35.2. The van der Waals surface area contributed by atoms with Crippen LogP contribution in [-0.4, -0.2) is 88.3 Å². The lowest BCUT2D eigenvalue weighted by Gasteiger charge is -2.37. The van der Waals surface area contributed by atoms with Crippen molar-refractivity contribution in [3.63, 3.8) is 0 Å². The van der Waals surface area contributed by atoms with Gasteiger partial charge in [-0.25, -0.2) is 0 Å². The first-order valence-electron chi connectivity index (χ1n) is 20.5. The molecule has 3 heterocycles. The number of hydrogen-bond acceptors (Lipinski definition) is 8. The summed E-state index contributed by atoms with van der Waals surface area (Å²) in [6, 6.07) is 23.7. The predicted molar refractivity (Wildman–Crippen MR) is 223 cm³/mol. The molecule has 6 rings (SSSR count). The Hall–Kier alpha value is -4.52. The van der Waals surface area contributed by atoms with Crippen molar-refractivity contribution in [1.29, 1.82) is 0 Å². The quantitative estimate of drug-likeness (QED) is 0.108. The van der Waals surface area contributed by atoms with Gasteiger partial charge in [0.05, 0.1) is 47.1 Å². The maximum Gasteiger partial charge on any atom is 0.305 e. The maximum absolute atomic E-state index is 15.3. The van der Waals surface area contributed by atoms with Gasteiger partial charge in [-0.1, -0.05) is 80.5 Å². The number of esters is 1. The van der Waals surface area contributed by atoms with Crippen molar-refractivity contribution in [3.8, 4) is 5.75 Å². The van der Waals surface area contributed by atoms with E-state index >= 15 is 4.79 Å². The number of fused-ring (bicyclic) bond motifs is 2. The number of carbonyl (C=O) groups excluding carboxylic acids is 4. The summed E-state index contributed by atoms with van der Waals surface area (Å²) >= 11 is 0. The molecule has 4 atom stereocenters. The fraction of sp³-hybridized carbons (Fsp3) is 0.511. The lowest BCUT2D eigenvalue weighted by molar-refractivity contribution is -0.149. The van der Waals surface area contributed by atoms with Crippen LogP contribution >= 0.6 is 0 Å². The molecule has 0 saturated carbocycles. The average Bonchev–Trinajstić information content (AvgIpc) is 3.63. The number of hydrogen-bond donors (Lipinski definition) is 1. The number of amides is 3. The minimum atomic E-state index is -2.57. The van der Waals surface area contributed by atoms with Crippen LogP contribution in [0.15, 0.2) is 72.8 Å². The summed E-state index contributed by atoms with van der Waals surface area (Å²) in [5.74, 6) is -0.170. The lowest BCUT2D eigenvalue weighted by Crippen LogP contribution is -2.52. The zero-order valence-electron chi connectivity index (χ0n) is 34.2. The molecule has 3 aromatic carbocycles. The Bertz CT molecular complexity index is 1890. The summed E-state index contributed by atoms with van der Waals surface area (Å²) in [5, 5.41) is 11.2. The molecule has 1 spiro atoms. The molecule has 3 aliphatic heterocycles. The topological polar surface area (TPSA) is 126 Å². The van der Waals surface area contributed by atoms with E-state index < -0.39 is 19.8 Å². The second-order valence-corrected chi connectivity index (χ2v) is 21.0. The Morgan fingerprint density at radius 3 is 2.40 bits per heavy atom. The van der Waals surface area contributed by atoms with Crippen LogP contribution in [0.1, 0.15) is 75.8 Å². The first-order chi connectivity index (χ1) is 27.5. The molecule has 12 heteroatoms. The maximum atomic E-state index is 15.3. The molecule has 2 fully saturated rings. The largest absolute Gasteiger partial charge is 0.497 e. The van der Waals surface area contributed by atoms with E-state index in [0.29, 0.717) is 38.9 Å². The third-order valence-electron chi connectivity index (χ3n) is 12.5. The highest BCUT2D eigenvalue weighted by Crippen LogP contribution is 2.60. The van der Waals surface area contributed by atoms with E-state index in [9.17, 15) is 19.5 Å². The summed E-state index contributed by atoms with van der Waals surface area (Å²) in [7, 11) is 0.442. The number of benzene rings is 3. The van der Waals surface area contributed by atoms with Gasteiger partial charge in [0.1, 0.15) is 5.75 Å². The standard InChI is InChI=1S/C45H59N3O8Si/c1-32-43(57(4,5)36-22-20-35(54-2)21-23-36)39(30-41(51)46(27-28-49)31-33-15-9-8-10-16-33)56-45(32)37-29-34(47-25-13-7-6-11-17-40(47)50)19-24-38(37)48(44(45)53)26-14-12-18-42(52)55-3/h8-10,15-16,19-24,29,32,39,43,49H,6-7,11-14,17-18,25-28,30-31H2,1-5H3/t32-,39+,43-,45+/m1/s1. The number of nitrogens with zero attached hydrogens (tertiary/aromatic N) is 3. The van der Waals surface area contributed by atoms with Crippen LogP contribution in [-0.2, 0) is 40.8 Å². The van der Waals surface area contributed by atoms with Crippen molar-refractivity contribution in [1.82, 2.24) is 4.90 Å². The van der Waals surface area contributed by atoms with E-state index in [2.05, 4.69) is 32.2 Å². The van der Waals surface area contributed by atoms with E-state index in [0.717, 1.165) is 59.1 Å². The molecule has 11 nitrogen and oxygen atoms in total. The summed E-state index contributed by atoms with van der Waals surface area (Å²) in [5.41, 5.74) is 1.54. The third-order valence-corrected chi connectivity index (χ3v) is 16.9. The molecular weight excluding hydrogens is 739 g/mol. The van der Waals surface area contributed by atoms with Crippen LogP contribution in [0.3, 0.4) is 0 Å². The third kappa shape index (κ3) is 8.68. The van der Waals surface area contributed by atoms with E-state index in [1.807, 2.05) is 65.6 Å². The fourth-order valence-corrected chi connectivity index (χ4v) is 13.5. The normalized spacial score (nSPS) is 22.3. The molecule has 0 aromatic heterocycles. The highest BCUT2D eigenvalue weighted by molar-refractivity contribution is 6.91. The Morgan fingerprint density at radius 1 is 0.965 bits per heavy atom. The molecule has 0 aliphatic carbocycles. The number of aliphatic hydroxyl groups excluding tert-OH is 1. The van der Waals surface area contributed by atoms with Crippen LogP contribution in [0.25, 0.3) is 0 Å². The van der Waals surface area contributed by atoms with Gasteiger partial charge < -0.3 is 34.0 Å². The Kier molecular flexibility index (Phi) is 13.6. The Morgan fingerprint density at radius 2 is 1.70 bits per heavy atom. The van der Waals surface area contributed by atoms with Gasteiger partial charge in [0.25, 0.3) is 5.91 Å². The Labute approximate surface area is 338 Å². The molecule has 0 unspecified atom stereocenters. The summed E-state index contributed by atoms with van der Waals surface area (Å²) in [4.78, 5) is 60.6. The summed E-state index contributed by atoms with van der Waals surface area (Å²) in [6.07, 6.45) is 5.08. The highest BCUT2D eigenvalue weighted by Gasteiger charge is 2.66. The molecule has 0 bridgehead atoms. The molecule has 0 radical (unpaired) electrons. The molecule has 2 saturated heterocycles. The SMILES string of the molecule is COC(=O)CCCCN1C(=O)[C@@]2(O[C@@H](CC(=O)N(CCO)Cc3ccccc3)[C@H]([Si](C)(C)c3ccc(OC)cc3)[C@H]2C)c2cc(N3CCCCCCC3=O)ccc21.